The monoisotopic (exact) mass is 167 g/mol. The molecule has 0 spiro atoms. The maximum atomic E-state index is 10.7. The summed E-state index contributed by atoms with van der Waals surface area (Å²) in [5.41, 5.74) is 5.14. The summed E-state index contributed by atoms with van der Waals surface area (Å²) in [4.78, 5) is 10.7. The fourth-order valence-corrected chi connectivity index (χ4v) is 0.843. The number of nitrogens with two attached hydrogens (primary N) is 1. The fourth-order valence-electron chi connectivity index (χ4n) is 0.843. The summed E-state index contributed by atoms with van der Waals surface area (Å²) in [5, 5.41) is 16.4. The molecule has 4 N–H and O–H groups in total. The lowest BCUT2D eigenvalue weighted by Crippen LogP contribution is -2.29. The zero-order valence-electron chi connectivity index (χ0n) is 6.53. The van der Waals surface area contributed by atoms with Crippen molar-refractivity contribution in [3.63, 3.8) is 0 Å². The molecular weight excluding hydrogens is 158 g/mol. The second kappa shape index (κ2) is 2.69. The van der Waals surface area contributed by atoms with Crippen molar-refractivity contribution in [3.05, 3.63) is 28.9 Å². The van der Waals surface area contributed by atoms with E-state index in [0.717, 1.165) is 0 Å². The summed E-state index contributed by atoms with van der Waals surface area (Å²) >= 11 is 0. The largest absolute Gasteiger partial charge is 0.427 e. The van der Waals surface area contributed by atoms with Crippen LogP contribution in [0.2, 0.25) is 0 Å². The van der Waals surface area contributed by atoms with Gasteiger partial charge in [-0.1, -0.05) is 0 Å². The molecule has 0 fully saturated rings. The van der Waals surface area contributed by atoms with Crippen molar-refractivity contribution >= 4 is 5.91 Å². The van der Waals surface area contributed by atoms with Gasteiger partial charge in [0.2, 0.25) is 0 Å². The van der Waals surface area contributed by atoms with Gasteiger partial charge >= 0.3 is 0 Å². The number of carbonyl (C=O) groups excluding carboxylic acids is 1. The Labute approximate surface area is 68.5 Å². The van der Waals surface area contributed by atoms with Gasteiger partial charge in [-0.05, 0) is 19.1 Å². The Bertz CT molecular complexity index is 381. The number of aromatic nitrogens is 1. The first kappa shape index (κ1) is 8.32. The SMILES string of the molecule is Cc1ccc(C(N)=O)c(=N)n1O. The molecule has 0 unspecified atom stereocenters. The average molecular weight is 167 g/mol. The number of hydrogen-bond acceptors (Lipinski definition) is 3. The number of aryl methyl sites for hydroxylation is 1. The molecule has 1 amide bonds. The van der Waals surface area contributed by atoms with Crippen LogP contribution in [0.1, 0.15) is 16.1 Å². The van der Waals surface area contributed by atoms with Gasteiger partial charge < -0.3 is 10.9 Å². The molecule has 1 rings (SSSR count). The number of pyridine rings is 1. The van der Waals surface area contributed by atoms with E-state index in [0.29, 0.717) is 10.4 Å². The highest BCUT2D eigenvalue weighted by molar-refractivity contribution is 5.92. The molecule has 1 aromatic rings. The molecule has 1 aromatic heterocycles. The molecule has 5 nitrogen and oxygen atoms in total. The van der Waals surface area contributed by atoms with Gasteiger partial charge in [0, 0.05) is 0 Å². The van der Waals surface area contributed by atoms with E-state index in [1.54, 1.807) is 6.92 Å². The zero-order valence-corrected chi connectivity index (χ0v) is 6.53. The maximum absolute atomic E-state index is 10.7. The first-order valence-electron chi connectivity index (χ1n) is 3.30. The van der Waals surface area contributed by atoms with Crippen molar-refractivity contribution in [1.82, 2.24) is 4.73 Å². The summed E-state index contributed by atoms with van der Waals surface area (Å²) in [6.45, 7) is 1.61. The number of carbonyl (C=O) groups is 1. The van der Waals surface area contributed by atoms with Crippen LogP contribution in [0.3, 0.4) is 0 Å². The van der Waals surface area contributed by atoms with E-state index >= 15 is 0 Å². The molecule has 12 heavy (non-hydrogen) atoms. The molecule has 0 aliphatic rings. The van der Waals surface area contributed by atoms with E-state index < -0.39 is 5.91 Å². The van der Waals surface area contributed by atoms with E-state index in [9.17, 15) is 4.79 Å². The Hall–Kier alpha value is -1.78. The predicted molar refractivity (Wildman–Crippen MR) is 40.7 cm³/mol. The van der Waals surface area contributed by atoms with Crippen LogP contribution in [0.25, 0.3) is 0 Å². The molecule has 0 saturated carbocycles. The third-order valence-corrected chi connectivity index (χ3v) is 1.56. The number of rotatable bonds is 1. The van der Waals surface area contributed by atoms with Crippen LogP contribution in [0.5, 0.6) is 0 Å². The molecule has 0 bridgehead atoms. The van der Waals surface area contributed by atoms with Crippen molar-refractivity contribution in [1.29, 1.82) is 5.41 Å². The molecule has 0 radical (unpaired) electrons. The van der Waals surface area contributed by atoms with Crippen LogP contribution in [-0.2, 0) is 0 Å². The second-order valence-corrected chi connectivity index (χ2v) is 2.41. The minimum atomic E-state index is -0.720. The van der Waals surface area contributed by atoms with Crippen LogP contribution in [0.15, 0.2) is 12.1 Å². The van der Waals surface area contributed by atoms with E-state index in [4.69, 9.17) is 16.4 Å². The first-order valence-corrected chi connectivity index (χ1v) is 3.30. The third-order valence-electron chi connectivity index (χ3n) is 1.56. The van der Waals surface area contributed by atoms with Crippen LogP contribution in [0.4, 0.5) is 0 Å². The van der Waals surface area contributed by atoms with E-state index in [2.05, 4.69) is 0 Å². The van der Waals surface area contributed by atoms with Crippen LogP contribution in [0, 0.1) is 12.3 Å². The Morgan fingerprint density at radius 1 is 1.67 bits per heavy atom. The van der Waals surface area contributed by atoms with Crippen molar-refractivity contribution in [2.24, 2.45) is 5.73 Å². The van der Waals surface area contributed by atoms with Crippen LogP contribution < -0.4 is 11.2 Å². The lowest BCUT2D eigenvalue weighted by atomic mass is 10.2. The van der Waals surface area contributed by atoms with Crippen LogP contribution >= 0.6 is 0 Å². The van der Waals surface area contributed by atoms with E-state index in [1.165, 1.54) is 12.1 Å². The molecule has 5 heteroatoms. The van der Waals surface area contributed by atoms with Gasteiger partial charge in [0.25, 0.3) is 5.91 Å². The Kier molecular flexibility index (Phi) is 1.86. The quantitative estimate of drug-likeness (QED) is 0.497. The molecule has 0 aliphatic carbocycles. The van der Waals surface area contributed by atoms with Gasteiger partial charge in [0.1, 0.15) is 0 Å². The minimum Gasteiger partial charge on any atom is -0.427 e. The van der Waals surface area contributed by atoms with Gasteiger partial charge in [-0.2, -0.15) is 4.73 Å². The molecule has 0 saturated heterocycles. The Morgan fingerprint density at radius 2 is 2.25 bits per heavy atom. The van der Waals surface area contributed by atoms with Crippen molar-refractivity contribution in [3.8, 4) is 0 Å². The summed E-state index contributed by atoms with van der Waals surface area (Å²) in [6, 6.07) is 2.92. The van der Waals surface area contributed by atoms with Crippen molar-refractivity contribution in [2.75, 3.05) is 0 Å². The first-order chi connectivity index (χ1) is 5.54. The van der Waals surface area contributed by atoms with E-state index in [-0.39, 0.29) is 11.1 Å². The zero-order chi connectivity index (χ0) is 9.30. The number of hydrogen-bond donors (Lipinski definition) is 3. The summed E-state index contributed by atoms with van der Waals surface area (Å²) in [7, 11) is 0. The fraction of sp³-hybridized carbons (Fsp3) is 0.143. The topological polar surface area (TPSA) is 92.1 Å². The van der Waals surface area contributed by atoms with Gasteiger partial charge in [-0.25, -0.2) is 0 Å². The predicted octanol–water partition coefficient (Wildman–Crippen LogP) is -0.388. The third kappa shape index (κ3) is 1.16. The molecule has 0 aromatic carbocycles. The van der Waals surface area contributed by atoms with E-state index in [1.807, 2.05) is 0 Å². The van der Waals surface area contributed by atoms with Crippen LogP contribution in [-0.4, -0.2) is 15.8 Å². The normalized spacial score (nSPS) is 9.75. The minimum absolute atomic E-state index is 0.00287. The number of nitrogens with one attached hydrogen (secondary N) is 1. The molecule has 0 aliphatic heterocycles. The number of amides is 1. The van der Waals surface area contributed by atoms with Gasteiger partial charge in [0.05, 0.1) is 11.3 Å². The highest BCUT2D eigenvalue weighted by Gasteiger charge is 2.06. The van der Waals surface area contributed by atoms with Gasteiger partial charge in [-0.15, -0.1) is 0 Å². The van der Waals surface area contributed by atoms with Crippen molar-refractivity contribution in [2.45, 2.75) is 6.92 Å². The average Bonchev–Trinajstić information content (AvgIpc) is 2.00. The van der Waals surface area contributed by atoms with Gasteiger partial charge in [0.15, 0.2) is 5.49 Å². The second-order valence-electron chi connectivity index (χ2n) is 2.41. The Morgan fingerprint density at radius 3 is 2.75 bits per heavy atom. The summed E-state index contributed by atoms with van der Waals surface area (Å²) in [6.07, 6.45) is 0. The number of primary amides is 1. The summed E-state index contributed by atoms with van der Waals surface area (Å²) in [5.74, 6) is -0.720. The smallest absolute Gasteiger partial charge is 0.252 e. The molecule has 0 atom stereocenters. The highest BCUT2D eigenvalue weighted by Crippen LogP contribution is 1.94. The highest BCUT2D eigenvalue weighted by atomic mass is 16.5. The van der Waals surface area contributed by atoms with Gasteiger partial charge in [-0.3, -0.25) is 10.2 Å². The lowest BCUT2D eigenvalue weighted by molar-refractivity contribution is 0.0988. The molecule has 64 valence electrons. The standard InChI is InChI=1S/C7H9N3O2/c1-4-2-3-5(7(9)11)6(8)10(4)12/h2-3,8,12H,1H3,(H2,9,11). The molecule has 1 heterocycles. The Balaban J connectivity index is 3.47. The summed E-state index contributed by atoms with van der Waals surface area (Å²) < 4.78 is 0.611. The molecular formula is C7H9N3O2. The number of nitrogens with zero attached hydrogens (tertiary/aromatic N) is 1. The lowest BCUT2D eigenvalue weighted by Gasteiger charge is -2.03. The maximum Gasteiger partial charge on any atom is 0.252 e. The van der Waals surface area contributed by atoms with Crippen molar-refractivity contribution < 1.29 is 10.0 Å².